The van der Waals surface area contributed by atoms with Gasteiger partial charge in [-0.1, -0.05) is 5.16 Å². The van der Waals surface area contributed by atoms with Gasteiger partial charge in [0.05, 0.1) is 18.7 Å². The number of Topliss-reactive ketones (excluding diaryl/α,β-unsaturated/α-hetero) is 1. The van der Waals surface area contributed by atoms with Crippen LogP contribution in [0.15, 0.2) is 15.4 Å². The maximum atomic E-state index is 11.7. The van der Waals surface area contributed by atoms with Crippen molar-refractivity contribution in [2.45, 2.75) is 12.3 Å². The number of ether oxygens (including phenoxy) is 1. The van der Waals surface area contributed by atoms with Crippen molar-refractivity contribution in [1.82, 2.24) is 15.1 Å². The summed E-state index contributed by atoms with van der Waals surface area (Å²) in [7, 11) is 0. The molecule has 0 radical (unpaired) electrons. The van der Waals surface area contributed by atoms with Gasteiger partial charge >= 0.3 is 0 Å². The number of thiazole rings is 1. The van der Waals surface area contributed by atoms with Crippen LogP contribution in [0.5, 0.6) is 0 Å². The van der Waals surface area contributed by atoms with Gasteiger partial charge in [0.15, 0.2) is 0 Å². The minimum Gasteiger partial charge on any atom is -0.380 e. The van der Waals surface area contributed by atoms with Crippen LogP contribution in [0.25, 0.3) is 11.5 Å². The van der Waals surface area contributed by atoms with Gasteiger partial charge in [0.25, 0.3) is 0 Å². The topological polar surface area (TPSA) is 78.1 Å². The molecule has 1 fully saturated rings. The van der Waals surface area contributed by atoms with Crippen LogP contribution >= 0.6 is 11.3 Å². The quantitative estimate of drug-likeness (QED) is 0.799. The fourth-order valence-electron chi connectivity index (χ4n) is 1.65. The van der Waals surface area contributed by atoms with E-state index in [1.807, 2.05) is 5.38 Å². The second-order valence-electron chi connectivity index (χ2n) is 3.67. The molecule has 2 aromatic rings. The van der Waals surface area contributed by atoms with Crippen molar-refractivity contribution in [2.24, 2.45) is 0 Å². The molecule has 1 saturated heterocycles. The second-order valence-corrected chi connectivity index (χ2v) is 4.39. The number of hydrogen-bond donors (Lipinski definition) is 0. The molecule has 2 aromatic heterocycles. The summed E-state index contributed by atoms with van der Waals surface area (Å²) in [6.07, 6.45) is 0.402. The molecular formula is C10H9N3O3S. The van der Waals surface area contributed by atoms with Crippen molar-refractivity contribution >= 4 is 17.1 Å². The summed E-state index contributed by atoms with van der Waals surface area (Å²) in [5.74, 6) is 0.394. The summed E-state index contributed by atoms with van der Waals surface area (Å²) >= 11 is 1.46. The Balaban J connectivity index is 1.87. The third-order valence-corrected chi connectivity index (χ3v) is 3.15. The molecule has 1 unspecified atom stereocenters. The van der Waals surface area contributed by atoms with Crippen LogP contribution in [0, 0.1) is 0 Å². The van der Waals surface area contributed by atoms with E-state index >= 15 is 0 Å². The molecule has 0 bridgehead atoms. The molecule has 0 amide bonds. The fourth-order valence-corrected chi connectivity index (χ4v) is 2.18. The normalized spacial score (nSPS) is 20.7. The molecular weight excluding hydrogens is 242 g/mol. The Morgan fingerprint density at radius 1 is 1.47 bits per heavy atom. The predicted molar refractivity (Wildman–Crippen MR) is 58.6 cm³/mol. The maximum absolute atomic E-state index is 11.7. The third-order valence-electron chi connectivity index (χ3n) is 2.57. The molecule has 3 rings (SSSR count). The zero-order valence-electron chi connectivity index (χ0n) is 8.83. The van der Waals surface area contributed by atoms with E-state index in [4.69, 9.17) is 9.26 Å². The van der Waals surface area contributed by atoms with Gasteiger partial charge in [-0.15, -0.1) is 11.3 Å². The number of aromatic nitrogens is 3. The van der Waals surface area contributed by atoms with Crippen LogP contribution in [0.4, 0.5) is 0 Å². The molecule has 17 heavy (non-hydrogen) atoms. The van der Waals surface area contributed by atoms with Crippen LogP contribution in [0.2, 0.25) is 0 Å². The van der Waals surface area contributed by atoms with Crippen LogP contribution < -0.4 is 0 Å². The summed E-state index contributed by atoms with van der Waals surface area (Å²) in [5, 5.41) is 5.65. The van der Waals surface area contributed by atoms with E-state index in [2.05, 4.69) is 15.1 Å². The number of hydrogen-bond acceptors (Lipinski definition) is 7. The highest BCUT2D eigenvalue weighted by molar-refractivity contribution is 7.07. The average molecular weight is 251 g/mol. The first-order valence-electron chi connectivity index (χ1n) is 5.17. The van der Waals surface area contributed by atoms with Crippen molar-refractivity contribution in [1.29, 1.82) is 0 Å². The molecule has 7 heteroatoms. The van der Waals surface area contributed by atoms with Gasteiger partial charge < -0.3 is 9.26 Å². The minimum atomic E-state index is -0.427. The molecule has 0 saturated carbocycles. The smallest absolute Gasteiger partial charge is 0.239 e. The van der Waals surface area contributed by atoms with Gasteiger partial charge in [-0.25, -0.2) is 4.98 Å². The first-order chi connectivity index (χ1) is 8.34. The number of ketones is 1. The number of carbonyl (C=O) groups excluding carboxylic acids is 1. The monoisotopic (exact) mass is 251 g/mol. The molecule has 1 aliphatic rings. The van der Waals surface area contributed by atoms with E-state index in [1.165, 1.54) is 11.3 Å². The van der Waals surface area contributed by atoms with Crippen LogP contribution in [-0.4, -0.2) is 34.1 Å². The molecule has 1 aliphatic heterocycles. The van der Waals surface area contributed by atoms with Gasteiger partial charge in [-0.05, 0) is 0 Å². The number of carbonyl (C=O) groups is 1. The predicted octanol–water partition coefficient (Wildman–Crippen LogP) is 1.27. The van der Waals surface area contributed by atoms with Crippen LogP contribution in [-0.2, 0) is 9.53 Å². The highest BCUT2D eigenvalue weighted by atomic mass is 32.1. The van der Waals surface area contributed by atoms with Gasteiger partial charge in [-0.2, -0.15) is 4.98 Å². The highest BCUT2D eigenvalue weighted by Gasteiger charge is 2.30. The standard InChI is InChI=1S/C10H9N3O3S/c14-8-1-2-15-3-6(8)10-12-9(13-16-10)7-4-17-5-11-7/h4-6H,1-3H2. The first-order valence-corrected chi connectivity index (χ1v) is 6.11. The summed E-state index contributed by atoms with van der Waals surface area (Å²) in [4.78, 5) is 19.9. The molecule has 3 heterocycles. The summed E-state index contributed by atoms with van der Waals surface area (Å²) in [5.41, 5.74) is 2.36. The molecule has 88 valence electrons. The Morgan fingerprint density at radius 3 is 3.18 bits per heavy atom. The van der Waals surface area contributed by atoms with Crippen molar-refractivity contribution in [3.05, 3.63) is 16.8 Å². The summed E-state index contributed by atoms with van der Waals surface area (Å²) < 4.78 is 10.3. The molecule has 1 atom stereocenters. The van der Waals surface area contributed by atoms with E-state index < -0.39 is 5.92 Å². The Hall–Kier alpha value is -1.60. The van der Waals surface area contributed by atoms with E-state index in [9.17, 15) is 4.79 Å². The summed E-state index contributed by atoms with van der Waals surface area (Å²) in [6.45, 7) is 0.792. The zero-order valence-corrected chi connectivity index (χ0v) is 9.64. The molecule has 0 N–H and O–H groups in total. The third kappa shape index (κ3) is 1.98. The number of nitrogens with zero attached hydrogens (tertiary/aromatic N) is 3. The van der Waals surface area contributed by atoms with E-state index in [0.29, 0.717) is 37.0 Å². The lowest BCUT2D eigenvalue weighted by atomic mass is 10.0. The van der Waals surface area contributed by atoms with Crippen molar-refractivity contribution in [3.63, 3.8) is 0 Å². The van der Waals surface area contributed by atoms with Crippen molar-refractivity contribution < 1.29 is 14.1 Å². The SMILES string of the molecule is O=C1CCOCC1c1nc(-c2cscn2)no1. The molecule has 0 spiro atoms. The van der Waals surface area contributed by atoms with Crippen LogP contribution in [0.3, 0.4) is 0 Å². The van der Waals surface area contributed by atoms with E-state index in [-0.39, 0.29) is 5.78 Å². The highest BCUT2D eigenvalue weighted by Crippen LogP contribution is 2.23. The Morgan fingerprint density at radius 2 is 2.41 bits per heavy atom. The Labute approximate surface area is 101 Å². The van der Waals surface area contributed by atoms with Gasteiger partial charge in [-0.3, -0.25) is 4.79 Å². The minimum absolute atomic E-state index is 0.0877. The summed E-state index contributed by atoms with van der Waals surface area (Å²) in [6, 6.07) is 0. The maximum Gasteiger partial charge on any atom is 0.239 e. The van der Waals surface area contributed by atoms with Crippen LogP contribution in [0.1, 0.15) is 18.2 Å². The molecule has 0 aromatic carbocycles. The lowest BCUT2D eigenvalue weighted by Crippen LogP contribution is -2.25. The molecule has 0 aliphatic carbocycles. The van der Waals surface area contributed by atoms with Gasteiger partial charge in [0.2, 0.25) is 11.7 Å². The Bertz CT molecular complexity index is 523. The van der Waals surface area contributed by atoms with E-state index in [0.717, 1.165) is 0 Å². The van der Waals surface area contributed by atoms with E-state index in [1.54, 1.807) is 5.51 Å². The number of rotatable bonds is 2. The lowest BCUT2D eigenvalue weighted by Gasteiger charge is -2.16. The lowest BCUT2D eigenvalue weighted by molar-refractivity contribution is -0.127. The van der Waals surface area contributed by atoms with Crippen molar-refractivity contribution in [3.8, 4) is 11.5 Å². The largest absolute Gasteiger partial charge is 0.380 e. The zero-order chi connectivity index (χ0) is 11.7. The van der Waals surface area contributed by atoms with Crippen molar-refractivity contribution in [2.75, 3.05) is 13.2 Å². The second kappa shape index (κ2) is 4.34. The van der Waals surface area contributed by atoms with Gasteiger partial charge in [0.1, 0.15) is 17.4 Å². The first kappa shape index (κ1) is 10.5. The Kier molecular flexibility index (Phi) is 2.69. The average Bonchev–Trinajstić information content (AvgIpc) is 3.00. The van der Waals surface area contributed by atoms with Gasteiger partial charge in [0, 0.05) is 11.8 Å². The fraction of sp³-hybridized carbons (Fsp3) is 0.400. The molecule has 6 nitrogen and oxygen atoms in total.